The zero-order valence-corrected chi connectivity index (χ0v) is 11.3. The van der Waals surface area contributed by atoms with Crippen molar-refractivity contribution < 1.29 is 0 Å². The van der Waals surface area contributed by atoms with E-state index in [1.54, 1.807) is 0 Å². The summed E-state index contributed by atoms with van der Waals surface area (Å²) in [5, 5.41) is 14.5. The standard InChI is InChI=1S/C14H17N3S/c1-10-12-4-2-3-5-13(12)14(17-16-10)15-11-6-8-18-9-7-11/h2-5,11H,6-9H2,1H3,(H,15,17). The molecule has 2 aromatic rings. The lowest BCUT2D eigenvalue weighted by molar-refractivity contribution is 0.662. The van der Waals surface area contributed by atoms with Crippen LogP contribution in [0, 0.1) is 6.92 Å². The molecule has 0 amide bonds. The smallest absolute Gasteiger partial charge is 0.156 e. The fraction of sp³-hybridized carbons (Fsp3) is 0.429. The number of nitrogens with one attached hydrogen (secondary N) is 1. The average molecular weight is 259 g/mol. The fourth-order valence-electron chi connectivity index (χ4n) is 2.38. The Morgan fingerprint density at radius 2 is 1.83 bits per heavy atom. The number of hydrogen-bond donors (Lipinski definition) is 1. The highest BCUT2D eigenvalue weighted by Crippen LogP contribution is 2.25. The van der Waals surface area contributed by atoms with Gasteiger partial charge in [0.2, 0.25) is 0 Å². The van der Waals surface area contributed by atoms with E-state index in [9.17, 15) is 0 Å². The highest BCUT2D eigenvalue weighted by molar-refractivity contribution is 7.99. The molecule has 0 spiro atoms. The Morgan fingerprint density at radius 1 is 1.11 bits per heavy atom. The summed E-state index contributed by atoms with van der Waals surface area (Å²) in [5.41, 5.74) is 0.996. The van der Waals surface area contributed by atoms with Crippen molar-refractivity contribution in [2.45, 2.75) is 25.8 Å². The molecular formula is C14H17N3S. The Bertz CT molecular complexity index is 550. The summed E-state index contributed by atoms with van der Waals surface area (Å²) in [6, 6.07) is 8.90. The molecule has 0 radical (unpaired) electrons. The van der Waals surface area contributed by atoms with Gasteiger partial charge < -0.3 is 5.32 Å². The molecule has 3 nitrogen and oxygen atoms in total. The molecule has 4 heteroatoms. The van der Waals surface area contributed by atoms with E-state index in [1.165, 1.54) is 35.1 Å². The molecule has 1 aliphatic heterocycles. The Hall–Kier alpha value is -1.29. The summed E-state index contributed by atoms with van der Waals surface area (Å²) in [6.45, 7) is 2.01. The average Bonchev–Trinajstić information content (AvgIpc) is 2.44. The van der Waals surface area contributed by atoms with Gasteiger partial charge in [0.1, 0.15) is 0 Å². The summed E-state index contributed by atoms with van der Waals surface area (Å²) in [4.78, 5) is 0. The van der Waals surface area contributed by atoms with Crippen LogP contribution in [-0.2, 0) is 0 Å². The van der Waals surface area contributed by atoms with Crippen molar-refractivity contribution >= 4 is 28.4 Å². The minimum atomic E-state index is 0.548. The molecule has 0 unspecified atom stereocenters. The SMILES string of the molecule is Cc1nnc(NC2CCSCC2)c2ccccc12. The molecule has 1 saturated heterocycles. The zero-order valence-electron chi connectivity index (χ0n) is 10.5. The maximum Gasteiger partial charge on any atom is 0.156 e. The van der Waals surface area contributed by atoms with Gasteiger partial charge in [-0.15, -0.1) is 5.10 Å². The third-order valence-corrected chi connectivity index (χ3v) is 4.48. The molecule has 1 aliphatic rings. The molecule has 1 N–H and O–H groups in total. The van der Waals surface area contributed by atoms with Crippen molar-refractivity contribution in [1.29, 1.82) is 0 Å². The molecule has 94 valence electrons. The normalized spacial score (nSPS) is 16.9. The monoisotopic (exact) mass is 259 g/mol. The second-order valence-electron chi connectivity index (χ2n) is 4.71. The van der Waals surface area contributed by atoms with E-state index in [2.05, 4.69) is 39.8 Å². The predicted molar refractivity (Wildman–Crippen MR) is 78.2 cm³/mol. The van der Waals surface area contributed by atoms with Gasteiger partial charge in [-0.05, 0) is 31.3 Å². The molecule has 0 aliphatic carbocycles. The molecule has 1 aromatic heterocycles. The van der Waals surface area contributed by atoms with Crippen molar-refractivity contribution in [3.63, 3.8) is 0 Å². The summed E-state index contributed by atoms with van der Waals surface area (Å²) in [7, 11) is 0. The summed E-state index contributed by atoms with van der Waals surface area (Å²) in [6.07, 6.45) is 2.43. The number of fused-ring (bicyclic) bond motifs is 1. The number of benzene rings is 1. The zero-order chi connectivity index (χ0) is 12.4. The Balaban J connectivity index is 1.94. The van der Waals surface area contributed by atoms with E-state index in [0.717, 1.165) is 11.5 Å². The van der Waals surface area contributed by atoms with E-state index >= 15 is 0 Å². The number of nitrogens with zero attached hydrogens (tertiary/aromatic N) is 2. The molecule has 1 fully saturated rings. The first kappa shape index (κ1) is 11.8. The first-order valence-electron chi connectivity index (χ1n) is 6.41. The van der Waals surface area contributed by atoms with E-state index in [1.807, 2.05) is 18.7 Å². The first-order chi connectivity index (χ1) is 8.84. The van der Waals surface area contributed by atoms with E-state index in [4.69, 9.17) is 0 Å². The van der Waals surface area contributed by atoms with Crippen LogP contribution in [0.4, 0.5) is 5.82 Å². The highest BCUT2D eigenvalue weighted by atomic mass is 32.2. The predicted octanol–water partition coefficient (Wildman–Crippen LogP) is 3.25. The van der Waals surface area contributed by atoms with Crippen molar-refractivity contribution in [1.82, 2.24) is 10.2 Å². The summed E-state index contributed by atoms with van der Waals surface area (Å²) >= 11 is 2.04. The van der Waals surface area contributed by atoms with Gasteiger partial charge in [0.15, 0.2) is 5.82 Å². The molecule has 2 heterocycles. The van der Waals surface area contributed by atoms with Crippen molar-refractivity contribution in [2.24, 2.45) is 0 Å². The largest absolute Gasteiger partial charge is 0.365 e. The van der Waals surface area contributed by atoms with E-state index in [0.29, 0.717) is 6.04 Å². The van der Waals surface area contributed by atoms with Gasteiger partial charge in [-0.25, -0.2) is 0 Å². The van der Waals surface area contributed by atoms with Crippen LogP contribution in [-0.4, -0.2) is 27.7 Å². The van der Waals surface area contributed by atoms with Crippen LogP contribution in [0.15, 0.2) is 24.3 Å². The van der Waals surface area contributed by atoms with Gasteiger partial charge in [-0.3, -0.25) is 0 Å². The summed E-state index contributed by atoms with van der Waals surface area (Å²) < 4.78 is 0. The first-order valence-corrected chi connectivity index (χ1v) is 7.56. The second kappa shape index (κ2) is 5.14. The number of hydrogen-bond acceptors (Lipinski definition) is 4. The lowest BCUT2D eigenvalue weighted by Crippen LogP contribution is -2.25. The van der Waals surface area contributed by atoms with Gasteiger partial charge in [0.05, 0.1) is 5.69 Å². The second-order valence-corrected chi connectivity index (χ2v) is 5.94. The van der Waals surface area contributed by atoms with Gasteiger partial charge in [-0.2, -0.15) is 16.9 Å². The topological polar surface area (TPSA) is 37.8 Å². The van der Waals surface area contributed by atoms with Crippen LogP contribution in [0.25, 0.3) is 10.8 Å². The number of aromatic nitrogens is 2. The van der Waals surface area contributed by atoms with Crippen LogP contribution < -0.4 is 5.32 Å². The fourth-order valence-corrected chi connectivity index (χ4v) is 3.49. The number of rotatable bonds is 2. The number of aryl methyl sites for hydroxylation is 1. The lowest BCUT2D eigenvalue weighted by atomic mass is 10.1. The maximum atomic E-state index is 4.33. The quantitative estimate of drug-likeness (QED) is 0.898. The van der Waals surface area contributed by atoms with Crippen molar-refractivity contribution in [2.75, 3.05) is 16.8 Å². The van der Waals surface area contributed by atoms with E-state index in [-0.39, 0.29) is 0 Å². The molecule has 0 atom stereocenters. The third kappa shape index (κ3) is 2.29. The van der Waals surface area contributed by atoms with Crippen LogP contribution in [0.5, 0.6) is 0 Å². The Morgan fingerprint density at radius 3 is 2.61 bits per heavy atom. The van der Waals surface area contributed by atoms with Crippen molar-refractivity contribution in [3.8, 4) is 0 Å². The number of thioether (sulfide) groups is 1. The van der Waals surface area contributed by atoms with Crippen LogP contribution in [0.2, 0.25) is 0 Å². The number of anilines is 1. The third-order valence-electron chi connectivity index (χ3n) is 3.43. The minimum absolute atomic E-state index is 0.548. The van der Waals surface area contributed by atoms with Crippen molar-refractivity contribution in [3.05, 3.63) is 30.0 Å². The maximum absolute atomic E-state index is 4.33. The van der Waals surface area contributed by atoms with Gasteiger partial charge >= 0.3 is 0 Å². The Labute approximate surface area is 111 Å². The van der Waals surface area contributed by atoms with Gasteiger partial charge in [0.25, 0.3) is 0 Å². The molecular weight excluding hydrogens is 242 g/mol. The van der Waals surface area contributed by atoms with E-state index < -0.39 is 0 Å². The van der Waals surface area contributed by atoms with Crippen LogP contribution >= 0.6 is 11.8 Å². The van der Waals surface area contributed by atoms with Crippen LogP contribution in [0.3, 0.4) is 0 Å². The van der Waals surface area contributed by atoms with Gasteiger partial charge in [0, 0.05) is 16.8 Å². The molecule has 3 rings (SSSR count). The molecule has 18 heavy (non-hydrogen) atoms. The molecule has 1 aromatic carbocycles. The van der Waals surface area contributed by atoms with Crippen LogP contribution in [0.1, 0.15) is 18.5 Å². The van der Waals surface area contributed by atoms with Gasteiger partial charge in [-0.1, -0.05) is 24.3 Å². The molecule has 0 bridgehead atoms. The summed E-state index contributed by atoms with van der Waals surface area (Å²) in [5.74, 6) is 3.43. The highest BCUT2D eigenvalue weighted by Gasteiger charge is 2.15. The minimum Gasteiger partial charge on any atom is -0.365 e. The molecule has 0 saturated carbocycles. The Kier molecular flexibility index (Phi) is 3.37. The lowest BCUT2D eigenvalue weighted by Gasteiger charge is -2.23.